The Morgan fingerprint density at radius 2 is 1.93 bits per heavy atom. The number of esters is 1. The van der Waals surface area contributed by atoms with E-state index in [9.17, 15) is 9.59 Å². The number of nitrogens with zero attached hydrogens (tertiary/aromatic N) is 3. The molecule has 3 aromatic heterocycles. The lowest BCUT2D eigenvalue weighted by Gasteiger charge is -2.11. The van der Waals surface area contributed by atoms with Crippen LogP contribution in [0.2, 0.25) is 0 Å². The Kier molecular flexibility index (Phi) is 3.52. The average molecular weight is 410 g/mol. The molecule has 0 N–H and O–H groups in total. The maximum Gasteiger partial charge on any atom is 0.358 e. The molecule has 30 heavy (non-hydrogen) atoms. The topological polar surface area (TPSA) is 79.3 Å². The number of methoxy groups -OCH3 is 1. The Bertz CT molecular complexity index is 1510. The zero-order chi connectivity index (χ0) is 25.9. The number of hydrogen-bond acceptors (Lipinski definition) is 5. The van der Waals surface area contributed by atoms with Gasteiger partial charge in [-0.2, -0.15) is 4.74 Å². The van der Waals surface area contributed by atoms with Crippen LogP contribution in [0.25, 0.3) is 33.3 Å². The van der Waals surface area contributed by atoms with Crippen LogP contribution in [0.15, 0.2) is 45.7 Å². The standard InChI is InChI=1S/C23H23N3O4/c1-6-26-18(12-17-11-13(2)24-20(21(17)26)23(28)29-5)15-7-9-16(10-8-15)19-14(3)30-25(4)22(19)27/h7-12H,6H2,1-5H3/i1D3,6D2. The van der Waals surface area contributed by atoms with Crippen LogP contribution in [0, 0.1) is 13.8 Å². The van der Waals surface area contributed by atoms with Crippen molar-refractivity contribution in [1.82, 2.24) is 14.3 Å². The highest BCUT2D eigenvalue weighted by Crippen LogP contribution is 2.32. The number of carbonyl (C=O) groups excluding carboxylic acids is 1. The third-order valence-corrected chi connectivity index (χ3v) is 4.99. The summed E-state index contributed by atoms with van der Waals surface area (Å²) in [5.74, 6) is -0.366. The first kappa shape index (κ1) is 14.4. The van der Waals surface area contributed by atoms with E-state index in [0.717, 1.165) is 9.31 Å². The lowest BCUT2D eigenvalue weighted by Crippen LogP contribution is -2.11. The van der Waals surface area contributed by atoms with Crippen molar-refractivity contribution in [3.05, 3.63) is 63.9 Å². The van der Waals surface area contributed by atoms with Crippen molar-refractivity contribution in [2.24, 2.45) is 7.05 Å². The fourth-order valence-corrected chi connectivity index (χ4v) is 3.67. The van der Waals surface area contributed by atoms with E-state index in [-0.39, 0.29) is 22.5 Å². The number of ether oxygens (including phenoxy) is 1. The van der Waals surface area contributed by atoms with E-state index in [1.54, 1.807) is 50.2 Å². The van der Waals surface area contributed by atoms with E-state index in [1.807, 2.05) is 0 Å². The van der Waals surface area contributed by atoms with Gasteiger partial charge in [-0.25, -0.2) is 9.78 Å². The minimum Gasteiger partial charge on any atom is -0.464 e. The van der Waals surface area contributed by atoms with Crippen LogP contribution < -0.4 is 5.56 Å². The first-order chi connectivity index (χ1) is 16.3. The van der Waals surface area contributed by atoms with Gasteiger partial charge in [-0.1, -0.05) is 24.3 Å². The second-order valence-corrected chi connectivity index (χ2v) is 6.92. The molecule has 0 atom stereocenters. The molecule has 0 aliphatic carbocycles. The van der Waals surface area contributed by atoms with Gasteiger partial charge in [0.1, 0.15) is 5.76 Å². The van der Waals surface area contributed by atoms with Gasteiger partial charge in [0.2, 0.25) is 0 Å². The molecule has 3 heterocycles. The molecular weight excluding hydrogens is 382 g/mol. The molecule has 0 radical (unpaired) electrons. The minimum absolute atomic E-state index is 0.0159. The highest BCUT2D eigenvalue weighted by molar-refractivity contribution is 6.03. The normalized spacial score (nSPS) is 14.6. The molecule has 154 valence electrons. The van der Waals surface area contributed by atoms with Crippen LogP contribution in [0.5, 0.6) is 0 Å². The molecular formula is C23H23N3O4. The zero-order valence-electron chi connectivity index (χ0n) is 21.9. The van der Waals surface area contributed by atoms with Crippen LogP contribution >= 0.6 is 0 Å². The Morgan fingerprint density at radius 1 is 1.23 bits per heavy atom. The Labute approximate surface area is 180 Å². The molecule has 0 bridgehead atoms. The van der Waals surface area contributed by atoms with Gasteiger partial charge in [0.15, 0.2) is 5.69 Å². The Morgan fingerprint density at radius 3 is 2.53 bits per heavy atom. The first-order valence-electron chi connectivity index (χ1n) is 11.7. The maximum absolute atomic E-state index is 12.5. The summed E-state index contributed by atoms with van der Waals surface area (Å²) >= 11 is 0. The van der Waals surface area contributed by atoms with Crippen molar-refractivity contribution in [1.29, 1.82) is 0 Å². The Balaban J connectivity index is 2.01. The van der Waals surface area contributed by atoms with E-state index >= 15 is 0 Å². The third-order valence-electron chi connectivity index (χ3n) is 4.99. The second-order valence-electron chi connectivity index (χ2n) is 6.92. The molecule has 0 saturated carbocycles. The Hall–Kier alpha value is -3.61. The van der Waals surface area contributed by atoms with Gasteiger partial charge in [-0.05, 0) is 44.0 Å². The highest BCUT2D eigenvalue weighted by atomic mass is 16.5. The molecule has 0 amide bonds. The average Bonchev–Trinajstić information content (AvgIpc) is 3.28. The third kappa shape index (κ3) is 3.03. The predicted octanol–water partition coefficient (Wildman–Crippen LogP) is 4.09. The molecule has 7 heteroatoms. The van der Waals surface area contributed by atoms with E-state index in [1.165, 1.54) is 14.2 Å². The SMILES string of the molecule is [2H]C([2H])([2H])C([2H])([2H])n1c(-c2ccc(-c3c(C)on(C)c3=O)cc2)cc2cc(C)nc(C(=O)OC)c21. The van der Waals surface area contributed by atoms with Gasteiger partial charge in [-0.3, -0.25) is 4.79 Å². The summed E-state index contributed by atoms with van der Waals surface area (Å²) in [6.07, 6.45) is 0. The van der Waals surface area contributed by atoms with Crippen molar-refractivity contribution >= 4 is 16.9 Å². The largest absolute Gasteiger partial charge is 0.464 e. The summed E-state index contributed by atoms with van der Waals surface area (Å²) in [6.45, 7) is -2.60. The van der Waals surface area contributed by atoms with Gasteiger partial charge >= 0.3 is 5.97 Å². The number of rotatable bonds is 4. The lowest BCUT2D eigenvalue weighted by molar-refractivity contribution is 0.0596. The number of aromatic nitrogens is 3. The highest BCUT2D eigenvalue weighted by Gasteiger charge is 2.20. The minimum atomic E-state index is -3.06. The fourth-order valence-electron chi connectivity index (χ4n) is 3.67. The van der Waals surface area contributed by atoms with Crippen molar-refractivity contribution < 1.29 is 20.9 Å². The molecule has 0 unspecified atom stereocenters. The number of aryl methyl sites for hydroxylation is 4. The number of pyridine rings is 1. The van der Waals surface area contributed by atoms with Crippen molar-refractivity contribution in [2.45, 2.75) is 27.2 Å². The van der Waals surface area contributed by atoms with Crippen LogP contribution in [0.3, 0.4) is 0 Å². The van der Waals surface area contributed by atoms with Crippen molar-refractivity contribution in [2.75, 3.05) is 7.11 Å². The summed E-state index contributed by atoms with van der Waals surface area (Å²) in [6, 6.07) is 9.90. The summed E-state index contributed by atoms with van der Waals surface area (Å²) in [4.78, 5) is 29.2. The molecule has 4 rings (SSSR count). The van der Waals surface area contributed by atoms with E-state index in [2.05, 4.69) is 4.98 Å². The smallest absolute Gasteiger partial charge is 0.358 e. The van der Waals surface area contributed by atoms with E-state index < -0.39 is 19.3 Å². The second kappa shape index (κ2) is 7.33. The van der Waals surface area contributed by atoms with Gasteiger partial charge in [-0.15, -0.1) is 0 Å². The van der Waals surface area contributed by atoms with Crippen molar-refractivity contribution in [3.63, 3.8) is 0 Å². The van der Waals surface area contributed by atoms with Gasteiger partial charge < -0.3 is 13.8 Å². The zero-order valence-corrected chi connectivity index (χ0v) is 16.9. The first-order valence-corrected chi connectivity index (χ1v) is 9.17. The number of carbonyl (C=O) groups is 1. The summed E-state index contributed by atoms with van der Waals surface area (Å²) in [7, 11) is 2.68. The number of hydrogen-bond donors (Lipinski definition) is 0. The predicted molar refractivity (Wildman–Crippen MR) is 115 cm³/mol. The maximum atomic E-state index is 12.5. The fraction of sp³-hybridized carbons (Fsp3) is 0.261. The van der Waals surface area contributed by atoms with Gasteiger partial charge in [0.05, 0.1) is 18.2 Å². The van der Waals surface area contributed by atoms with Gasteiger partial charge in [0.25, 0.3) is 5.56 Å². The molecule has 0 spiro atoms. The van der Waals surface area contributed by atoms with Crippen LogP contribution in [0.4, 0.5) is 0 Å². The molecule has 0 aliphatic rings. The van der Waals surface area contributed by atoms with Crippen LogP contribution in [-0.2, 0) is 18.3 Å². The van der Waals surface area contributed by atoms with E-state index in [0.29, 0.717) is 33.5 Å². The molecule has 0 aliphatic heterocycles. The van der Waals surface area contributed by atoms with Crippen molar-refractivity contribution in [3.8, 4) is 22.4 Å². The quantitative estimate of drug-likeness (QED) is 0.474. The number of benzene rings is 1. The molecule has 0 saturated heterocycles. The lowest BCUT2D eigenvalue weighted by atomic mass is 10.0. The van der Waals surface area contributed by atoms with Crippen LogP contribution in [-0.4, -0.2) is 27.4 Å². The summed E-state index contributed by atoms with van der Waals surface area (Å²) in [5.41, 5.74) is 1.70. The molecule has 7 nitrogen and oxygen atoms in total. The van der Waals surface area contributed by atoms with Gasteiger partial charge in [0, 0.05) is 37.2 Å². The summed E-state index contributed by atoms with van der Waals surface area (Å²) < 4.78 is 52.9. The van der Waals surface area contributed by atoms with Crippen LogP contribution in [0.1, 0.15) is 35.6 Å². The molecule has 1 aromatic carbocycles. The molecule has 4 aromatic rings. The monoisotopic (exact) mass is 410 g/mol. The summed E-state index contributed by atoms with van der Waals surface area (Å²) in [5, 5.41) is 0.435. The number of fused-ring (bicyclic) bond motifs is 1. The molecule has 0 fully saturated rings. The van der Waals surface area contributed by atoms with E-state index in [4.69, 9.17) is 16.1 Å².